The van der Waals surface area contributed by atoms with Crippen LogP contribution in [0, 0.1) is 11.3 Å². The van der Waals surface area contributed by atoms with Crippen molar-refractivity contribution < 1.29 is 4.79 Å². The number of hydrogen-bond acceptors (Lipinski definition) is 3. The summed E-state index contributed by atoms with van der Waals surface area (Å²) < 4.78 is 0. The van der Waals surface area contributed by atoms with Gasteiger partial charge in [0.25, 0.3) is 0 Å². The SMILES string of the molecule is CCC(=O)N(CC12CCN(CCc3ccccc3)CC1CCN(CCc1ccccc1)C2)c1ccccc1. The third-order valence-electron chi connectivity index (χ3n) is 8.87. The van der Waals surface area contributed by atoms with Crippen LogP contribution in [-0.4, -0.2) is 61.5 Å². The number of carbonyl (C=O) groups excluding carboxylic acids is 1. The number of para-hydroxylation sites is 1. The molecule has 2 fully saturated rings. The number of nitrogens with zero attached hydrogens (tertiary/aromatic N) is 3. The first kappa shape index (κ1) is 26.6. The quantitative estimate of drug-likeness (QED) is 0.339. The van der Waals surface area contributed by atoms with Crippen molar-refractivity contribution >= 4 is 11.6 Å². The van der Waals surface area contributed by atoms with E-state index in [2.05, 4.69) is 99.6 Å². The summed E-state index contributed by atoms with van der Waals surface area (Å²) in [6.45, 7) is 9.50. The summed E-state index contributed by atoms with van der Waals surface area (Å²) in [4.78, 5) is 20.7. The number of fused-ring (bicyclic) bond motifs is 1. The van der Waals surface area contributed by atoms with Crippen LogP contribution in [0.15, 0.2) is 91.0 Å². The maximum Gasteiger partial charge on any atom is 0.226 e. The van der Waals surface area contributed by atoms with Crippen molar-refractivity contribution in [3.8, 4) is 0 Å². The molecule has 4 nitrogen and oxygen atoms in total. The van der Waals surface area contributed by atoms with Gasteiger partial charge in [0.1, 0.15) is 0 Å². The van der Waals surface area contributed by atoms with Crippen molar-refractivity contribution in [2.24, 2.45) is 11.3 Å². The van der Waals surface area contributed by atoms with Gasteiger partial charge in [0.05, 0.1) is 0 Å². The zero-order chi connectivity index (χ0) is 26.2. The summed E-state index contributed by atoms with van der Waals surface area (Å²) in [6, 6.07) is 32.1. The third-order valence-corrected chi connectivity index (χ3v) is 8.87. The van der Waals surface area contributed by atoms with E-state index in [1.165, 1.54) is 17.5 Å². The van der Waals surface area contributed by atoms with E-state index in [1.54, 1.807) is 0 Å². The van der Waals surface area contributed by atoms with Crippen LogP contribution >= 0.6 is 0 Å². The lowest BCUT2D eigenvalue weighted by atomic mass is 9.65. The lowest BCUT2D eigenvalue weighted by Gasteiger charge is -2.55. The van der Waals surface area contributed by atoms with E-state index >= 15 is 0 Å². The molecule has 2 aliphatic rings. The number of anilines is 1. The number of likely N-dealkylation sites (tertiary alicyclic amines) is 2. The van der Waals surface area contributed by atoms with Gasteiger partial charge < -0.3 is 14.7 Å². The van der Waals surface area contributed by atoms with E-state index in [0.29, 0.717) is 12.3 Å². The smallest absolute Gasteiger partial charge is 0.226 e. The Hall–Kier alpha value is -2.95. The van der Waals surface area contributed by atoms with Crippen LogP contribution in [-0.2, 0) is 17.6 Å². The van der Waals surface area contributed by atoms with Gasteiger partial charge in [0.2, 0.25) is 5.91 Å². The molecule has 0 N–H and O–H groups in total. The van der Waals surface area contributed by atoms with Crippen LogP contribution in [0.25, 0.3) is 0 Å². The highest BCUT2D eigenvalue weighted by atomic mass is 16.2. The first-order valence-electron chi connectivity index (χ1n) is 14.5. The minimum absolute atomic E-state index is 0.124. The van der Waals surface area contributed by atoms with Crippen molar-refractivity contribution in [3.05, 3.63) is 102 Å². The van der Waals surface area contributed by atoms with Crippen LogP contribution in [0.2, 0.25) is 0 Å². The molecule has 2 heterocycles. The lowest BCUT2D eigenvalue weighted by molar-refractivity contribution is -0.119. The Morgan fingerprint density at radius 1 is 0.816 bits per heavy atom. The molecule has 200 valence electrons. The topological polar surface area (TPSA) is 26.8 Å². The predicted octanol–water partition coefficient (Wildman–Crippen LogP) is 5.93. The highest BCUT2D eigenvalue weighted by Gasteiger charge is 2.47. The fourth-order valence-electron chi connectivity index (χ4n) is 6.60. The fraction of sp³-hybridized carbons (Fsp3) is 0.441. The molecule has 2 atom stereocenters. The molecular weight excluding hydrogens is 466 g/mol. The molecule has 2 aliphatic heterocycles. The molecule has 38 heavy (non-hydrogen) atoms. The standard InChI is InChI=1S/C34H43N3O/c1-2-33(38)37(32-16-10-5-11-17-32)28-34-21-25-35(22-18-29-12-6-3-7-13-29)26-31(34)20-24-36(27-34)23-19-30-14-8-4-9-15-30/h3-17,31H,2,18-28H2,1H3. The van der Waals surface area contributed by atoms with Gasteiger partial charge in [-0.25, -0.2) is 0 Å². The zero-order valence-corrected chi connectivity index (χ0v) is 23.0. The number of hydrogen-bond donors (Lipinski definition) is 0. The van der Waals surface area contributed by atoms with Crippen LogP contribution in [0.1, 0.15) is 37.3 Å². The zero-order valence-electron chi connectivity index (χ0n) is 23.0. The highest BCUT2D eigenvalue weighted by Crippen LogP contribution is 2.44. The molecule has 1 amide bonds. The summed E-state index contributed by atoms with van der Waals surface area (Å²) in [5, 5.41) is 0. The first-order chi connectivity index (χ1) is 18.6. The summed E-state index contributed by atoms with van der Waals surface area (Å²) in [5.74, 6) is 0.841. The summed E-state index contributed by atoms with van der Waals surface area (Å²) in [6.07, 6.45) is 5.08. The van der Waals surface area contributed by atoms with E-state index < -0.39 is 0 Å². The van der Waals surface area contributed by atoms with Gasteiger partial charge in [-0.1, -0.05) is 85.8 Å². The Morgan fingerprint density at radius 3 is 2.00 bits per heavy atom. The molecule has 0 radical (unpaired) electrons. The number of benzene rings is 3. The number of rotatable bonds is 10. The Labute approximate surface area is 229 Å². The molecule has 0 bridgehead atoms. The highest BCUT2D eigenvalue weighted by molar-refractivity contribution is 5.93. The Bertz CT molecular complexity index is 1140. The number of amides is 1. The molecule has 5 rings (SSSR count). The van der Waals surface area contributed by atoms with Crippen molar-refractivity contribution in [3.63, 3.8) is 0 Å². The average molecular weight is 510 g/mol. The Balaban J connectivity index is 1.33. The molecule has 0 aliphatic carbocycles. The summed E-state index contributed by atoms with van der Waals surface area (Å²) in [7, 11) is 0. The Morgan fingerprint density at radius 2 is 1.39 bits per heavy atom. The van der Waals surface area contributed by atoms with Gasteiger partial charge in [-0.05, 0) is 68.0 Å². The van der Waals surface area contributed by atoms with Crippen LogP contribution in [0.3, 0.4) is 0 Å². The van der Waals surface area contributed by atoms with Crippen LogP contribution in [0.4, 0.5) is 5.69 Å². The van der Waals surface area contributed by atoms with Gasteiger partial charge in [0, 0.05) is 50.2 Å². The maximum absolute atomic E-state index is 13.3. The van der Waals surface area contributed by atoms with Crippen molar-refractivity contribution in [2.75, 3.05) is 50.7 Å². The second-order valence-electron chi connectivity index (χ2n) is 11.3. The van der Waals surface area contributed by atoms with Gasteiger partial charge in [0.15, 0.2) is 0 Å². The lowest BCUT2D eigenvalue weighted by Crippen LogP contribution is -2.61. The molecule has 0 aromatic heterocycles. The molecule has 4 heteroatoms. The molecule has 0 saturated carbocycles. The van der Waals surface area contributed by atoms with Gasteiger partial charge >= 0.3 is 0 Å². The Kier molecular flexibility index (Phi) is 8.93. The van der Waals surface area contributed by atoms with E-state index in [-0.39, 0.29) is 11.3 Å². The van der Waals surface area contributed by atoms with E-state index in [9.17, 15) is 4.79 Å². The molecule has 0 spiro atoms. The predicted molar refractivity (Wildman–Crippen MR) is 157 cm³/mol. The molecular formula is C34H43N3O. The minimum atomic E-state index is 0.124. The number of carbonyl (C=O) groups is 1. The van der Waals surface area contributed by atoms with Crippen LogP contribution < -0.4 is 4.90 Å². The fourth-order valence-corrected chi connectivity index (χ4v) is 6.60. The van der Waals surface area contributed by atoms with Crippen molar-refractivity contribution in [2.45, 2.75) is 39.0 Å². The van der Waals surface area contributed by atoms with Crippen LogP contribution in [0.5, 0.6) is 0 Å². The van der Waals surface area contributed by atoms with E-state index in [1.807, 2.05) is 13.0 Å². The minimum Gasteiger partial charge on any atom is -0.312 e. The largest absolute Gasteiger partial charge is 0.312 e. The molecule has 3 aromatic rings. The van der Waals surface area contributed by atoms with Gasteiger partial charge in [-0.3, -0.25) is 4.79 Å². The van der Waals surface area contributed by atoms with E-state index in [0.717, 1.165) is 70.8 Å². The van der Waals surface area contributed by atoms with Crippen molar-refractivity contribution in [1.29, 1.82) is 0 Å². The van der Waals surface area contributed by atoms with E-state index in [4.69, 9.17) is 0 Å². The average Bonchev–Trinajstić information content (AvgIpc) is 2.99. The molecule has 3 aromatic carbocycles. The monoisotopic (exact) mass is 509 g/mol. The van der Waals surface area contributed by atoms with Gasteiger partial charge in [-0.15, -0.1) is 0 Å². The molecule has 2 saturated heterocycles. The third kappa shape index (κ3) is 6.54. The van der Waals surface area contributed by atoms with Gasteiger partial charge in [-0.2, -0.15) is 0 Å². The number of piperidine rings is 2. The normalized spacial score (nSPS) is 22.1. The summed E-state index contributed by atoms with van der Waals surface area (Å²) >= 11 is 0. The first-order valence-corrected chi connectivity index (χ1v) is 14.5. The van der Waals surface area contributed by atoms with Crippen molar-refractivity contribution in [1.82, 2.24) is 9.80 Å². The molecule has 2 unspecified atom stereocenters. The maximum atomic E-state index is 13.3. The summed E-state index contributed by atoms with van der Waals surface area (Å²) in [5.41, 5.74) is 3.99. The second kappa shape index (κ2) is 12.7. The second-order valence-corrected chi connectivity index (χ2v) is 11.3.